The highest BCUT2D eigenvalue weighted by molar-refractivity contribution is 9.10. The molecule has 0 aliphatic carbocycles. The molecule has 2 aromatic carbocycles. The van der Waals surface area contributed by atoms with Crippen LogP contribution in [-0.4, -0.2) is 7.11 Å². The quantitative estimate of drug-likeness (QED) is 0.874. The summed E-state index contributed by atoms with van der Waals surface area (Å²) in [7, 11) is 1.56. The van der Waals surface area contributed by atoms with E-state index in [0.717, 1.165) is 10.0 Å². The van der Waals surface area contributed by atoms with Gasteiger partial charge in [0.05, 0.1) is 7.11 Å². The average molecular weight is 359 g/mol. The largest absolute Gasteiger partial charge is 0.496 e. The van der Waals surface area contributed by atoms with Crippen molar-refractivity contribution in [1.29, 1.82) is 0 Å². The van der Waals surface area contributed by atoms with Crippen molar-refractivity contribution in [3.63, 3.8) is 0 Å². The van der Waals surface area contributed by atoms with E-state index in [4.69, 9.17) is 22.1 Å². The molecule has 20 heavy (non-hydrogen) atoms. The minimum atomic E-state index is -0.369. The zero-order valence-corrected chi connectivity index (χ0v) is 13.2. The molecule has 1 atom stereocenters. The molecular formula is C15H14BrClFNO. The van der Waals surface area contributed by atoms with E-state index in [2.05, 4.69) is 15.9 Å². The van der Waals surface area contributed by atoms with Crippen molar-refractivity contribution in [2.45, 2.75) is 12.5 Å². The SMILES string of the molecule is COc1cc(Cl)ccc1C(N)Cc1cc(Br)ccc1F. The Kier molecular flexibility index (Phi) is 5.02. The van der Waals surface area contributed by atoms with Gasteiger partial charge in [0.15, 0.2) is 0 Å². The highest BCUT2D eigenvalue weighted by Gasteiger charge is 2.15. The number of benzene rings is 2. The van der Waals surface area contributed by atoms with Gasteiger partial charge in [0, 0.05) is 21.1 Å². The van der Waals surface area contributed by atoms with Crippen molar-refractivity contribution in [3.8, 4) is 5.75 Å². The summed E-state index contributed by atoms with van der Waals surface area (Å²) in [4.78, 5) is 0. The van der Waals surface area contributed by atoms with Crippen LogP contribution in [0, 0.1) is 5.82 Å². The monoisotopic (exact) mass is 357 g/mol. The van der Waals surface area contributed by atoms with Crippen LogP contribution >= 0.6 is 27.5 Å². The third kappa shape index (κ3) is 3.51. The van der Waals surface area contributed by atoms with Crippen molar-refractivity contribution in [2.75, 3.05) is 7.11 Å². The molecule has 1 unspecified atom stereocenters. The Morgan fingerprint density at radius 2 is 2.05 bits per heavy atom. The van der Waals surface area contributed by atoms with E-state index in [-0.39, 0.29) is 11.9 Å². The lowest BCUT2D eigenvalue weighted by Crippen LogP contribution is -2.15. The molecule has 0 amide bonds. The Hall–Kier alpha value is -1.10. The summed E-state index contributed by atoms with van der Waals surface area (Å²) in [6, 6.07) is 9.70. The van der Waals surface area contributed by atoms with Gasteiger partial charge in [-0.25, -0.2) is 4.39 Å². The molecule has 0 radical (unpaired) electrons. The Morgan fingerprint density at radius 1 is 1.30 bits per heavy atom. The molecule has 0 spiro atoms. The number of nitrogens with two attached hydrogens (primary N) is 1. The molecule has 106 valence electrons. The third-order valence-corrected chi connectivity index (χ3v) is 3.77. The number of halogens is 3. The molecule has 0 saturated heterocycles. The molecule has 0 saturated carbocycles. The molecule has 2 N–H and O–H groups in total. The van der Waals surface area contributed by atoms with Gasteiger partial charge in [-0.2, -0.15) is 0 Å². The summed E-state index contributed by atoms with van der Waals surface area (Å²) in [5, 5.41) is 0.575. The maximum atomic E-state index is 13.8. The highest BCUT2D eigenvalue weighted by Crippen LogP contribution is 2.30. The molecule has 2 nitrogen and oxygen atoms in total. The molecular weight excluding hydrogens is 345 g/mol. The second-order valence-electron chi connectivity index (χ2n) is 4.43. The van der Waals surface area contributed by atoms with Gasteiger partial charge in [0.2, 0.25) is 0 Å². The normalized spacial score (nSPS) is 12.2. The number of rotatable bonds is 4. The van der Waals surface area contributed by atoms with Crippen LogP contribution < -0.4 is 10.5 Å². The highest BCUT2D eigenvalue weighted by atomic mass is 79.9. The first-order chi connectivity index (χ1) is 9.51. The van der Waals surface area contributed by atoms with Gasteiger partial charge in [-0.3, -0.25) is 0 Å². The van der Waals surface area contributed by atoms with Crippen LogP contribution in [0.5, 0.6) is 5.75 Å². The zero-order valence-electron chi connectivity index (χ0n) is 10.9. The van der Waals surface area contributed by atoms with Crippen molar-refractivity contribution in [3.05, 3.63) is 62.8 Å². The maximum absolute atomic E-state index is 13.8. The van der Waals surface area contributed by atoms with E-state index in [0.29, 0.717) is 22.8 Å². The van der Waals surface area contributed by atoms with Crippen molar-refractivity contribution in [1.82, 2.24) is 0 Å². The molecule has 0 fully saturated rings. The minimum absolute atomic E-state index is 0.267. The lowest BCUT2D eigenvalue weighted by atomic mass is 9.98. The Labute approximate surface area is 130 Å². The van der Waals surface area contributed by atoms with E-state index >= 15 is 0 Å². The van der Waals surface area contributed by atoms with Crippen LogP contribution in [-0.2, 0) is 6.42 Å². The van der Waals surface area contributed by atoms with Gasteiger partial charge in [0.1, 0.15) is 11.6 Å². The fourth-order valence-electron chi connectivity index (χ4n) is 2.04. The van der Waals surface area contributed by atoms with E-state index < -0.39 is 0 Å². The summed E-state index contributed by atoms with van der Waals surface area (Å²) in [6.45, 7) is 0. The van der Waals surface area contributed by atoms with Crippen molar-refractivity contribution in [2.24, 2.45) is 5.73 Å². The molecule has 5 heteroatoms. The first-order valence-electron chi connectivity index (χ1n) is 6.04. The molecule has 2 aromatic rings. The van der Waals surface area contributed by atoms with Gasteiger partial charge in [-0.1, -0.05) is 33.6 Å². The number of ether oxygens (including phenoxy) is 1. The second kappa shape index (κ2) is 6.57. The molecule has 2 rings (SSSR count). The second-order valence-corrected chi connectivity index (χ2v) is 5.78. The van der Waals surface area contributed by atoms with E-state index in [9.17, 15) is 4.39 Å². The molecule has 0 heterocycles. The van der Waals surface area contributed by atoms with Gasteiger partial charge in [0.25, 0.3) is 0 Å². The van der Waals surface area contributed by atoms with Gasteiger partial charge < -0.3 is 10.5 Å². The van der Waals surface area contributed by atoms with Crippen molar-refractivity contribution < 1.29 is 9.13 Å². The first kappa shape index (κ1) is 15.3. The maximum Gasteiger partial charge on any atom is 0.126 e. The van der Waals surface area contributed by atoms with Crippen LogP contribution in [0.2, 0.25) is 5.02 Å². The van der Waals surface area contributed by atoms with E-state index in [1.807, 2.05) is 6.07 Å². The van der Waals surface area contributed by atoms with E-state index in [1.165, 1.54) is 6.07 Å². The zero-order chi connectivity index (χ0) is 14.7. The topological polar surface area (TPSA) is 35.2 Å². The summed E-state index contributed by atoms with van der Waals surface area (Å²) >= 11 is 9.25. The number of methoxy groups -OCH3 is 1. The summed E-state index contributed by atoms with van der Waals surface area (Å²) in [6.07, 6.45) is 0.378. The standard InChI is InChI=1S/C15H14BrClFNO/c1-20-15-8-11(17)3-4-12(15)14(19)7-9-6-10(16)2-5-13(9)18/h2-6,8,14H,7,19H2,1H3. The van der Waals surface area contributed by atoms with Gasteiger partial charge in [-0.15, -0.1) is 0 Å². The minimum Gasteiger partial charge on any atom is -0.496 e. The Bertz CT molecular complexity index is 621. The predicted octanol–water partition coefficient (Wildman–Crippen LogP) is 4.49. The Balaban J connectivity index is 2.28. The van der Waals surface area contributed by atoms with Crippen LogP contribution in [0.15, 0.2) is 40.9 Å². The van der Waals surface area contributed by atoms with Crippen LogP contribution in [0.3, 0.4) is 0 Å². The smallest absolute Gasteiger partial charge is 0.126 e. The van der Waals surface area contributed by atoms with Crippen molar-refractivity contribution >= 4 is 27.5 Å². The average Bonchev–Trinajstić information content (AvgIpc) is 2.42. The molecule has 0 aliphatic rings. The summed E-state index contributed by atoms with van der Waals surface area (Å²) in [5.74, 6) is 0.344. The lowest BCUT2D eigenvalue weighted by molar-refractivity contribution is 0.405. The predicted molar refractivity (Wildman–Crippen MR) is 82.7 cm³/mol. The lowest BCUT2D eigenvalue weighted by Gasteiger charge is -2.16. The molecule has 0 aliphatic heterocycles. The molecule has 0 aromatic heterocycles. The third-order valence-electron chi connectivity index (χ3n) is 3.04. The van der Waals surface area contributed by atoms with Gasteiger partial charge in [-0.05, 0) is 42.3 Å². The number of hydrogen-bond acceptors (Lipinski definition) is 2. The molecule has 0 bridgehead atoms. The van der Waals surface area contributed by atoms with Crippen LogP contribution in [0.1, 0.15) is 17.2 Å². The number of hydrogen-bond donors (Lipinski definition) is 1. The summed E-state index contributed by atoms with van der Waals surface area (Å²) < 4.78 is 19.9. The summed E-state index contributed by atoms with van der Waals surface area (Å²) in [5.41, 5.74) is 7.53. The Morgan fingerprint density at radius 3 is 2.75 bits per heavy atom. The first-order valence-corrected chi connectivity index (χ1v) is 7.21. The van der Waals surface area contributed by atoms with Crippen LogP contribution in [0.4, 0.5) is 4.39 Å². The van der Waals surface area contributed by atoms with Gasteiger partial charge >= 0.3 is 0 Å². The fourth-order valence-corrected chi connectivity index (χ4v) is 2.61. The van der Waals surface area contributed by atoms with Crippen LogP contribution in [0.25, 0.3) is 0 Å². The van der Waals surface area contributed by atoms with E-state index in [1.54, 1.807) is 31.4 Å². The fraction of sp³-hybridized carbons (Fsp3) is 0.200.